The average molecular weight is 312 g/mol. The standard InChI is InChI=1S/C8H7F2IN2O/c9-7(10)6-4(2-12)1-5(3-14)8(11)13-6/h1,3,7H,2,12H2. The molecule has 1 aromatic heterocycles. The highest BCUT2D eigenvalue weighted by Crippen LogP contribution is 2.23. The molecule has 0 aliphatic rings. The first-order chi connectivity index (χ1) is 6.60. The normalized spacial score (nSPS) is 10.6. The zero-order valence-electron chi connectivity index (χ0n) is 7.01. The second-order valence-electron chi connectivity index (χ2n) is 2.54. The summed E-state index contributed by atoms with van der Waals surface area (Å²) in [5, 5.41) is 0. The Labute approximate surface area is 92.8 Å². The minimum atomic E-state index is -2.66. The molecule has 0 amide bonds. The van der Waals surface area contributed by atoms with E-state index in [9.17, 15) is 13.6 Å². The molecule has 0 saturated carbocycles. The molecule has 0 spiro atoms. The van der Waals surface area contributed by atoms with Crippen LogP contribution in [0.15, 0.2) is 6.07 Å². The van der Waals surface area contributed by atoms with Crippen LogP contribution in [0, 0.1) is 3.70 Å². The molecular weight excluding hydrogens is 305 g/mol. The van der Waals surface area contributed by atoms with Gasteiger partial charge in [-0.2, -0.15) is 0 Å². The molecule has 76 valence electrons. The number of nitrogens with two attached hydrogens (primary N) is 1. The van der Waals surface area contributed by atoms with Crippen molar-refractivity contribution in [2.75, 3.05) is 0 Å². The molecule has 1 aromatic rings. The SMILES string of the molecule is NCc1cc(C=O)c(I)nc1C(F)F. The van der Waals surface area contributed by atoms with E-state index in [-0.39, 0.29) is 27.1 Å². The van der Waals surface area contributed by atoms with E-state index in [1.165, 1.54) is 6.07 Å². The maximum Gasteiger partial charge on any atom is 0.280 e. The third-order valence-corrected chi connectivity index (χ3v) is 2.53. The Hall–Kier alpha value is -0.630. The van der Waals surface area contributed by atoms with Crippen molar-refractivity contribution >= 4 is 28.9 Å². The fraction of sp³-hybridized carbons (Fsp3) is 0.250. The number of nitrogens with zero attached hydrogens (tertiary/aromatic N) is 1. The molecular formula is C8H7F2IN2O. The lowest BCUT2D eigenvalue weighted by Crippen LogP contribution is -2.07. The second-order valence-corrected chi connectivity index (χ2v) is 3.56. The molecule has 0 fully saturated rings. The van der Waals surface area contributed by atoms with Gasteiger partial charge in [0.25, 0.3) is 6.43 Å². The minimum Gasteiger partial charge on any atom is -0.326 e. The van der Waals surface area contributed by atoms with Gasteiger partial charge in [-0.25, -0.2) is 13.8 Å². The zero-order valence-corrected chi connectivity index (χ0v) is 9.16. The van der Waals surface area contributed by atoms with E-state index in [2.05, 4.69) is 4.98 Å². The van der Waals surface area contributed by atoms with Crippen LogP contribution >= 0.6 is 22.6 Å². The Morgan fingerprint density at radius 1 is 1.64 bits per heavy atom. The van der Waals surface area contributed by atoms with Crippen molar-refractivity contribution in [1.82, 2.24) is 4.98 Å². The summed E-state index contributed by atoms with van der Waals surface area (Å²) in [6.45, 7) is -0.0512. The number of pyridine rings is 1. The number of aromatic nitrogens is 1. The number of rotatable bonds is 3. The third-order valence-electron chi connectivity index (χ3n) is 1.67. The Morgan fingerprint density at radius 2 is 2.29 bits per heavy atom. The van der Waals surface area contributed by atoms with Crippen LogP contribution in [0.5, 0.6) is 0 Å². The van der Waals surface area contributed by atoms with Gasteiger partial charge in [0.15, 0.2) is 6.29 Å². The molecule has 0 atom stereocenters. The first kappa shape index (κ1) is 11.4. The number of hydrogen-bond acceptors (Lipinski definition) is 3. The van der Waals surface area contributed by atoms with Crippen LogP contribution in [0.3, 0.4) is 0 Å². The van der Waals surface area contributed by atoms with Crippen molar-refractivity contribution in [2.24, 2.45) is 5.73 Å². The largest absolute Gasteiger partial charge is 0.326 e. The van der Waals surface area contributed by atoms with E-state index < -0.39 is 6.43 Å². The van der Waals surface area contributed by atoms with Crippen LogP contribution < -0.4 is 5.73 Å². The smallest absolute Gasteiger partial charge is 0.280 e. The van der Waals surface area contributed by atoms with E-state index in [1.54, 1.807) is 22.6 Å². The lowest BCUT2D eigenvalue weighted by atomic mass is 10.1. The molecule has 3 nitrogen and oxygen atoms in total. The van der Waals surface area contributed by atoms with Gasteiger partial charge in [0.05, 0.1) is 0 Å². The number of carbonyl (C=O) groups excluding carboxylic acids is 1. The highest BCUT2D eigenvalue weighted by molar-refractivity contribution is 14.1. The van der Waals surface area contributed by atoms with Gasteiger partial charge in [0.2, 0.25) is 0 Å². The fourth-order valence-corrected chi connectivity index (χ4v) is 1.54. The first-order valence-corrected chi connectivity index (χ1v) is 4.80. The van der Waals surface area contributed by atoms with Gasteiger partial charge < -0.3 is 5.73 Å². The number of hydrogen-bond donors (Lipinski definition) is 1. The van der Waals surface area contributed by atoms with Crippen molar-refractivity contribution in [3.05, 3.63) is 26.6 Å². The molecule has 0 aliphatic heterocycles. The van der Waals surface area contributed by atoms with Crippen LogP contribution in [0.25, 0.3) is 0 Å². The van der Waals surface area contributed by atoms with E-state index in [1.807, 2.05) is 0 Å². The number of halogens is 3. The van der Waals surface area contributed by atoms with Crippen LogP contribution in [-0.4, -0.2) is 11.3 Å². The molecule has 0 radical (unpaired) electrons. The van der Waals surface area contributed by atoms with Gasteiger partial charge in [-0.1, -0.05) is 0 Å². The highest BCUT2D eigenvalue weighted by Gasteiger charge is 2.16. The van der Waals surface area contributed by atoms with Gasteiger partial charge in [-0.15, -0.1) is 0 Å². The molecule has 0 unspecified atom stereocenters. The number of aldehydes is 1. The molecule has 0 bridgehead atoms. The van der Waals surface area contributed by atoms with Crippen molar-refractivity contribution in [3.8, 4) is 0 Å². The minimum absolute atomic E-state index is 0.0512. The summed E-state index contributed by atoms with van der Waals surface area (Å²) in [4.78, 5) is 14.1. The lowest BCUT2D eigenvalue weighted by Gasteiger charge is -2.07. The van der Waals surface area contributed by atoms with Gasteiger partial charge >= 0.3 is 0 Å². The summed E-state index contributed by atoms with van der Waals surface area (Å²) in [5.74, 6) is 0. The Kier molecular flexibility index (Phi) is 3.87. The summed E-state index contributed by atoms with van der Waals surface area (Å²) < 4.78 is 25.1. The third kappa shape index (κ3) is 2.24. The summed E-state index contributed by atoms with van der Waals surface area (Å²) in [5.41, 5.74) is 5.42. The predicted octanol–water partition coefficient (Wildman–Crippen LogP) is 1.90. The van der Waals surface area contributed by atoms with E-state index in [4.69, 9.17) is 5.73 Å². The fourth-order valence-electron chi connectivity index (χ4n) is 0.998. The summed E-state index contributed by atoms with van der Waals surface area (Å²) >= 11 is 1.74. The topological polar surface area (TPSA) is 56.0 Å². The van der Waals surface area contributed by atoms with Crippen molar-refractivity contribution in [3.63, 3.8) is 0 Å². The Balaban J connectivity index is 3.31. The van der Waals surface area contributed by atoms with E-state index in [0.29, 0.717) is 6.29 Å². The summed E-state index contributed by atoms with van der Waals surface area (Å²) in [7, 11) is 0. The number of alkyl halides is 2. The molecule has 0 aromatic carbocycles. The van der Waals surface area contributed by atoms with E-state index in [0.717, 1.165) is 0 Å². The van der Waals surface area contributed by atoms with Crippen molar-refractivity contribution < 1.29 is 13.6 Å². The van der Waals surface area contributed by atoms with Crippen LogP contribution in [-0.2, 0) is 6.54 Å². The van der Waals surface area contributed by atoms with Gasteiger partial charge in [-0.05, 0) is 34.2 Å². The summed E-state index contributed by atoms with van der Waals surface area (Å²) in [6, 6.07) is 1.35. The quantitative estimate of drug-likeness (QED) is 0.527. The molecule has 1 heterocycles. The Bertz CT molecular complexity index is 357. The zero-order chi connectivity index (χ0) is 10.7. The maximum absolute atomic E-state index is 12.4. The summed E-state index contributed by atoms with van der Waals surface area (Å²) in [6.07, 6.45) is -2.09. The highest BCUT2D eigenvalue weighted by atomic mass is 127. The van der Waals surface area contributed by atoms with Gasteiger partial charge in [-0.3, -0.25) is 4.79 Å². The van der Waals surface area contributed by atoms with Crippen molar-refractivity contribution in [2.45, 2.75) is 13.0 Å². The van der Waals surface area contributed by atoms with Crippen LogP contribution in [0.2, 0.25) is 0 Å². The molecule has 14 heavy (non-hydrogen) atoms. The maximum atomic E-state index is 12.4. The first-order valence-electron chi connectivity index (χ1n) is 3.72. The molecule has 1 rings (SSSR count). The molecule has 6 heteroatoms. The Morgan fingerprint density at radius 3 is 2.71 bits per heavy atom. The van der Waals surface area contributed by atoms with Crippen LogP contribution in [0.4, 0.5) is 8.78 Å². The van der Waals surface area contributed by atoms with Crippen LogP contribution in [0.1, 0.15) is 28.0 Å². The molecule has 0 aliphatic carbocycles. The lowest BCUT2D eigenvalue weighted by molar-refractivity contribution is 0.112. The second kappa shape index (κ2) is 4.74. The van der Waals surface area contributed by atoms with E-state index >= 15 is 0 Å². The molecule has 0 saturated heterocycles. The van der Waals surface area contributed by atoms with Gasteiger partial charge in [0, 0.05) is 12.1 Å². The number of carbonyl (C=O) groups is 1. The predicted molar refractivity (Wildman–Crippen MR) is 55.2 cm³/mol. The van der Waals surface area contributed by atoms with Crippen molar-refractivity contribution in [1.29, 1.82) is 0 Å². The average Bonchev–Trinajstić information content (AvgIpc) is 2.17. The van der Waals surface area contributed by atoms with Gasteiger partial charge in [0.1, 0.15) is 9.39 Å². The monoisotopic (exact) mass is 312 g/mol. The molecule has 2 N–H and O–H groups in total.